The van der Waals surface area contributed by atoms with Crippen molar-refractivity contribution in [2.75, 3.05) is 27.8 Å². The standard InChI is InChI=1S/C7H18N2O3/c1-8-7(9-2)6(11)5(10)4-12-3/h5-11H,4H2,1-3H3. The molecule has 4 N–H and O–H groups in total. The van der Waals surface area contributed by atoms with E-state index in [9.17, 15) is 10.2 Å². The van der Waals surface area contributed by atoms with Crippen LogP contribution < -0.4 is 10.6 Å². The second-order valence-electron chi connectivity index (χ2n) is 2.57. The van der Waals surface area contributed by atoms with E-state index in [4.69, 9.17) is 4.74 Å². The van der Waals surface area contributed by atoms with Gasteiger partial charge in [0.25, 0.3) is 0 Å². The number of nitrogens with one attached hydrogen (secondary N) is 2. The maximum atomic E-state index is 9.45. The van der Waals surface area contributed by atoms with Gasteiger partial charge in [0.2, 0.25) is 0 Å². The van der Waals surface area contributed by atoms with Gasteiger partial charge >= 0.3 is 0 Å². The van der Waals surface area contributed by atoms with E-state index in [-0.39, 0.29) is 12.8 Å². The van der Waals surface area contributed by atoms with E-state index in [0.717, 1.165) is 0 Å². The zero-order valence-electron chi connectivity index (χ0n) is 7.74. The van der Waals surface area contributed by atoms with Crippen LogP contribution in [0.2, 0.25) is 0 Å². The van der Waals surface area contributed by atoms with Gasteiger partial charge in [-0.3, -0.25) is 0 Å². The van der Waals surface area contributed by atoms with Gasteiger partial charge in [-0.1, -0.05) is 0 Å². The summed E-state index contributed by atoms with van der Waals surface area (Å²) in [7, 11) is 4.87. The zero-order chi connectivity index (χ0) is 9.56. The SMILES string of the molecule is CNC(NC)C(O)C(O)COC. The number of hydrogen-bond acceptors (Lipinski definition) is 5. The predicted molar refractivity (Wildman–Crippen MR) is 45.8 cm³/mol. The lowest BCUT2D eigenvalue weighted by Crippen LogP contribution is -2.53. The Kier molecular flexibility index (Phi) is 6.23. The van der Waals surface area contributed by atoms with Crippen LogP contribution in [0.5, 0.6) is 0 Å². The smallest absolute Gasteiger partial charge is 0.110 e. The van der Waals surface area contributed by atoms with Gasteiger partial charge in [-0.05, 0) is 14.1 Å². The summed E-state index contributed by atoms with van der Waals surface area (Å²) in [5.41, 5.74) is 0. The average molecular weight is 178 g/mol. The summed E-state index contributed by atoms with van der Waals surface area (Å²) in [6.45, 7) is 0.126. The lowest BCUT2D eigenvalue weighted by atomic mass is 10.1. The van der Waals surface area contributed by atoms with Gasteiger partial charge in [-0.15, -0.1) is 0 Å². The lowest BCUT2D eigenvalue weighted by molar-refractivity contribution is -0.0449. The highest BCUT2D eigenvalue weighted by Crippen LogP contribution is 1.97. The molecule has 0 aliphatic rings. The molecule has 0 aromatic rings. The van der Waals surface area contributed by atoms with Crippen LogP contribution >= 0.6 is 0 Å². The predicted octanol–water partition coefficient (Wildman–Crippen LogP) is -1.88. The normalized spacial score (nSPS) is 16.5. The highest BCUT2D eigenvalue weighted by atomic mass is 16.5. The Hall–Kier alpha value is -0.200. The molecule has 0 fully saturated rings. The van der Waals surface area contributed by atoms with E-state index in [0.29, 0.717) is 0 Å². The minimum atomic E-state index is -0.875. The first kappa shape index (κ1) is 11.8. The van der Waals surface area contributed by atoms with E-state index in [1.54, 1.807) is 14.1 Å². The number of rotatable bonds is 6. The molecule has 0 amide bonds. The molecule has 0 spiro atoms. The highest BCUT2D eigenvalue weighted by molar-refractivity contribution is 4.77. The molecule has 5 heteroatoms. The van der Waals surface area contributed by atoms with E-state index in [1.807, 2.05) is 0 Å². The van der Waals surface area contributed by atoms with Crippen LogP contribution in [-0.4, -0.2) is 56.4 Å². The fraction of sp³-hybridized carbons (Fsp3) is 1.00. The first-order valence-corrected chi connectivity index (χ1v) is 3.87. The minimum Gasteiger partial charge on any atom is -0.388 e. The van der Waals surface area contributed by atoms with Crippen molar-refractivity contribution in [2.45, 2.75) is 18.4 Å². The molecular weight excluding hydrogens is 160 g/mol. The maximum absolute atomic E-state index is 9.45. The Bertz CT molecular complexity index is 109. The van der Waals surface area contributed by atoms with Crippen molar-refractivity contribution >= 4 is 0 Å². The first-order chi connectivity index (χ1) is 5.67. The molecule has 12 heavy (non-hydrogen) atoms. The van der Waals surface area contributed by atoms with Crippen LogP contribution in [0.4, 0.5) is 0 Å². The summed E-state index contributed by atoms with van der Waals surface area (Å²) < 4.78 is 4.70. The Morgan fingerprint density at radius 2 is 1.75 bits per heavy atom. The Morgan fingerprint density at radius 3 is 2.08 bits per heavy atom. The van der Waals surface area contributed by atoms with Crippen molar-refractivity contribution in [1.82, 2.24) is 10.6 Å². The van der Waals surface area contributed by atoms with Gasteiger partial charge in [-0.25, -0.2) is 0 Å². The summed E-state index contributed by atoms with van der Waals surface area (Å²) in [6.07, 6.45) is -2.07. The molecule has 0 aliphatic heterocycles. The molecule has 2 atom stereocenters. The van der Waals surface area contributed by atoms with Gasteiger partial charge in [0.15, 0.2) is 0 Å². The number of hydrogen-bond donors (Lipinski definition) is 4. The molecule has 0 bridgehead atoms. The quantitative estimate of drug-likeness (QED) is 0.358. The molecule has 0 aromatic heterocycles. The van der Waals surface area contributed by atoms with Crippen molar-refractivity contribution in [3.63, 3.8) is 0 Å². The topological polar surface area (TPSA) is 73.8 Å². The van der Waals surface area contributed by atoms with E-state index >= 15 is 0 Å². The zero-order valence-corrected chi connectivity index (χ0v) is 7.74. The molecule has 0 saturated carbocycles. The Labute approximate surface area is 72.7 Å². The minimum absolute atomic E-state index is 0.126. The Balaban J connectivity index is 3.87. The summed E-state index contributed by atoms with van der Waals surface area (Å²) in [5, 5.41) is 24.4. The lowest BCUT2D eigenvalue weighted by Gasteiger charge is -2.25. The molecule has 0 radical (unpaired) electrons. The molecular formula is C7H18N2O3. The molecule has 0 rings (SSSR count). The van der Waals surface area contributed by atoms with Crippen LogP contribution in [0.25, 0.3) is 0 Å². The van der Waals surface area contributed by atoms with Gasteiger partial charge in [0.05, 0.1) is 12.8 Å². The second kappa shape index (κ2) is 6.33. The summed E-state index contributed by atoms with van der Waals surface area (Å²) >= 11 is 0. The van der Waals surface area contributed by atoms with E-state index in [2.05, 4.69) is 10.6 Å². The van der Waals surface area contributed by atoms with Crippen LogP contribution in [0, 0.1) is 0 Å². The highest BCUT2D eigenvalue weighted by Gasteiger charge is 2.23. The van der Waals surface area contributed by atoms with Crippen molar-refractivity contribution in [3.8, 4) is 0 Å². The largest absolute Gasteiger partial charge is 0.388 e. The first-order valence-electron chi connectivity index (χ1n) is 3.87. The monoisotopic (exact) mass is 178 g/mol. The van der Waals surface area contributed by atoms with Crippen molar-refractivity contribution in [1.29, 1.82) is 0 Å². The van der Waals surface area contributed by atoms with Gasteiger partial charge in [-0.2, -0.15) is 0 Å². The molecule has 0 heterocycles. The molecule has 0 aliphatic carbocycles. The number of methoxy groups -OCH3 is 1. The van der Waals surface area contributed by atoms with Crippen molar-refractivity contribution in [2.24, 2.45) is 0 Å². The van der Waals surface area contributed by atoms with Crippen LogP contribution in [-0.2, 0) is 4.74 Å². The van der Waals surface area contributed by atoms with Gasteiger partial charge in [0.1, 0.15) is 12.2 Å². The van der Waals surface area contributed by atoms with E-state index in [1.165, 1.54) is 7.11 Å². The molecule has 5 nitrogen and oxygen atoms in total. The second-order valence-corrected chi connectivity index (χ2v) is 2.57. The third-order valence-corrected chi connectivity index (χ3v) is 1.70. The van der Waals surface area contributed by atoms with Crippen LogP contribution in [0.3, 0.4) is 0 Å². The average Bonchev–Trinajstić information content (AvgIpc) is 2.07. The van der Waals surface area contributed by atoms with Crippen LogP contribution in [0.15, 0.2) is 0 Å². The fourth-order valence-corrected chi connectivity index (χ4v) is 0.977. The molecule has 74 valence electrons. The molecule has 0 aromatic carbocycles. The number of aliphatic hydroxyl groups is 2. The number of aliphatic hydroxyl groups excluding tert-OH is 2. The van der Waals surface area contributed by atoms with Gasteiger partial charge < -0.3 is 25.6 Å². The van der Waals surface area contributed by atoms with Gasteiger partial charge in [0, 0.05) is 7.11 Å². The van der Waals surface area contributed by atoms with E-state index < -0.39 is 12.2 Å². The van der Waals surface area contributed by atoms with Crippen molar-refractivity contribution in [3.05, 3.63) is 0 Å². The van der Waals surface area contributed by atoms with Crippen LogP contribution in [0.1, 0.15) is 0 Å². The number of likely N-dealkylation sites (N-methyl/N-ethyl adjacent to an activating group) is 2. The molecule has 2 unspecified atom stereocenters. The maximum Gasteiger partial charge on any atom is 0.110 e. The summed E-state index contributed by atoms with van der Waals surface area (Å²) in [5.74, 6) is 0. The third-order valence-electron chi connectivity index (χ3n) is 1.70. The molecule has 0 saturated heterocycles. The number of ether oxygens (including phenoxy) is 1. The third kappa shape index (κ3) is 3.46. The summed E-state index contributed by atoms with van der Waals surface area (Å²) in [4.78, 5) is 0. The summed E-state index contributed by atoms with van der Waals surface area (Å²) in [6, 6.07) is 0. The fourth-order valence-electron chi connectivity index (χ4n) is 0.977. The Morgan fingerprint density at radius 1 is 1.25 bits per heavy atom. The van der Waals surface area contributed by atoms with Crippen molar-refractivity contribution < 1.29 is 14.9 Å².